The first kappa shape index (κ1) is 15.0. The summed E-state index contributed by atoms with van der Waals surface area (Å²) in [6.45, 7) is 2.34. The highest BCUT2D eigenvalue weighted by Crippen LogP contribution is 2.23. The molecule has 0 radical (unpaired) electrons. The number of ketones is 1. The normalized spacial score (nSPS) is 14.9. The van der Waals surface area contributed by atoms with E-state index in [0.29, 0.717) is 37.2 Å². The van der Waals surface area contributed by atoms with E-state index >= 15 is 0 Å². The molecule has 1 aromatic carbocycles. The molecule has 1 amide bonds. The summed E-state index contributed by atoms with van der Waals surface area (Å²) in [4.78, 5) is 34.9. The highest BCUT2D eigenvalue weighted by molar-refractivity contribution is 5.84. The molecule has 1 heterocycles. The summed E-state index contributed by atoms with van der Waals surface area (Å²) < 4.78 is 5.36. The minimum absolute atomic E-state index is 0.0169. The maximum Gasteiger partial charge on any atom is 0.272 e. The van der Waals surface area contributed by atoms with Gasteiger partial charge in [-0.25, -0.2) is 0 Å². The standard InChI is InChI=1S/C14H16N2O5/c1-10-8-12(2-3-13(10)16(19)20)21-9-14(18)15-6-4-11(17)5-7-15/h2-3,8H,4-7,9H2,1H3. The lowest BCUT2D eigenvalue weighted by Crippen LogP contribution is -2.41. The Morgan fingerprint density at radius 1 is 1.38 bits per heavy atom. The number of amides is 1. The van der Waals surface area contributed by atoms with E-state index in [2.05, 4.69) is 0 Å². The number of likely N-dealkylation sites (tertiary alicyclic amines) is 1. The molecule has 21 heavy (non-hydrogen) atoms. The molecule has 7 heteroatoms. The van der Waals surface area contributed by atoms with Gasteiger partial charge in [-0.05, 0) is 19.1 Å². The molecule has 1 fully saturated rings. The zero-order chi connectivity index (χ0) is 15.4. The van der Waals surface area contributed by atoms with Gasteiger partial charge in [0.05, 0.1) is 4.92 Å². The minimum atomic E-state index is -0.463. The predicted octanol–water partition coefficient (Wildman–Crippen LogP) is 1.47. The Hall–Kier alpha value is -2.44. The highest BCUT2D eigenvalue weighted by atomic mass is 16.6. The Morgan fingerprint density at radius 3 is 2.62 bits per heavy atom. The van der Waals surface area contributed by atoms with Crippen molar-refractivity contribution >= 4 is 17.4 Å². The van der Waals surface area contributed by atoms with Crippen molar-refractivity contribution in [3.63, 3.8) is 0 Å². The third-order valence-electron chi connectivity index (χ3n) is 3.40. The lowest BCUT2D eigenvalue weighted by molar-refractivity contribution is -0.385. The monoisotopic (exact) mass is 292 g/mol. The van der Waals surface area contributed by atoms with Gasteiger partial charge < -0.3 is 9.64 Å². The van der Waals surface area contributed by atoms with E-state index in [1.165, 1.54) is 18.2 Å². The lowest BCUT2D eigenvalue weighted by atomic mass is 10.1. The van der Waals surface area contributed by atoms with Gasteiger partial charge in [-0.15, -0.1) is 0 Å². The molecule has 0 bridgehead atoms. The quantitative estimate of drug-likeness (QED) is 0.619. The van der Waals surface area contributed by atoms with E-state index in [1.807, 2.05) is 0 Å². The van der Waals surface area contributed by atoms with Crippen LogP contribution in [0.1, 0.15) is 18.4 Å². The number of hydrogen-bond acceptors (Lipinski definition) is 5. The largest absolute Gasteiger partial charge is 0.484 e. The summed E-state index contributed by atoms with van der Waals surface area (Å²) in [5, 5.41) is 10.7. The number of ether oxygens (including phenoxy) is 1. The molecule has 0 N–H and O–H groups in total. The second-order valence-corrected chi connectivity index (χ2v) is 4.91. The summed E-state index contributed by atoms with van der Waals surface area (Å²) in [5.41, 5.74) is 0.497. The van der Waals surface area contributed by atoms with E-state index in [-0.39, 0.29) is 24.0 Å². The van der Waals surface area contributed by atoms with Gasteiger partial charge in [0.25, 0.3) is 11.6 Å². The maximum absolute atomic E-state index is 11.9. The first-order valence-electron chi connectivity index (χ1n) is 6.64. The molecule has 0 aromatic heterocycles. The fourth-order valence-corrected chi connectivity index (χ4v) is 2.16. The second kappa shape index (κ2) is 6.34. The van der Waals surface area contributed by atoms with Crippen LogP contribution in [0.25, 0.3) is 0 Å². The Bertz CT molecular complexity index is 575. The molecule has 0 saturated carbocycles. The Morgan fingerprint density at radius 2 is 2.05 bits per heavy atom. The zero-order valence-corrected chi connectivity index (χ0v) is 11.7. The average Bonchev–Trinajstić information content (AvgIpc) is 2.45. The second-order valence-electron chi connectivity index (χ2n) is 4.91. The minimum Gasteiger partial charge on any atom is -0.484 e. The van der Waals surface area contributed by atoms with Crippen molar-refractivity contribution in [2.75, 3.05) is 19.7 Å². The van der Waals surface area contributed by atoms with Crippen LogP contribution in [0.5, 0.6) is 5.75 Å². The molecule has 1 aliphatic rings. The van der Waals surface area contributed by atoms with Crippen molar-refractivity contribution < 1.29 is 19.2 Å². The fraction of sp³-hybridized carbons (Fsp3) is 0.429. The van der Waals surface area contributed by atoms with Crippen molar-refractivity contribution in [1.29, 1.82) is 0 Å². The summed E-state index contributed by atoms with van der Waals surface area (Å²) >= 11 is 0. The molecule has 1 aliphatic heterocycles. The van der Waals surface area contributed by atoms with Gasteiger partial charge in [0.1, 0.15) is 11.5 Å². The Kier molecular flexibility index (Phi) is 4.52. The van der Waals surface area contributed by atoms with Gasteiger partial charge in [-0.3, -0.25) is 19.7 Å². The van der Waals surface area contributed by atoms with Crippen molar-refractivity contribution in [1.82, 2.24) is 4.90 Å². The molecule has 0 unspecified atom stereocenters. The predicted molar refractivity (Wildman–Crippen MR) is 74.1 cm³/mol. The van der Waals surface area contributed by atoms with E-state index in [9.17, 15) is 19.7 Å². The molecule has 0 aliphatic carbocycles. The number of hydrogen-bond donors (Lipinski definition) is 0. The van der Waals surface area contributed by atoms with Gasteiger partial charge in [-0.1, -0.05) is 0 Å². The smallest absolute Gasteiger partial charge is 0.272 e. The number of aryl methyl sites for hydroxylation is 1. The van der Waals surface area contributed by atoms with Crippen molar-refractivity contribution in [2.24, 2.45) is 0 Å². The van der Waals surface area contributed by atoms with E-state index in [4.69, 9.17) is 4.74 Å². The summed E-state index contributed by atoms with van der Waals surface area (Å²) in [6.07, 6.45) is 0.782. The first-order valence-corrected chi connectivity index (χ1v) is 6.64. The molecular formula is C14H16N2O5. The topological polar surface area (TPSA) is 89.8 Å². The van der Waals surface area contributed by atoms with Crippen LogP contribution >= 0.6 is 0 Å². The summed E-state index contributed by atoms with van der Waals surface area (Å²) in [7, 11) is 0. The number of nitrogens with zero attached hydrogens (tertiary/aromatic N) is 2. The summed E-state index contributed by atoms with van der Waals surface area (Å²) in [5.74, 6) is 0.406. The highest BCUT2D eigenvalue weighted by Gasteiger charge is 2.21. The number of nitro benzene ring substituents is 1. The van der Waals surface area contributed by atoms with Gasteiger partial charge in [0, 0.05) is 37.6 Å². The molecule has 112 valence electrons. The van der Waals surface area contributed by atoms with Crippen LogP contribution < -0.4 is 4.74 Å². The van der Waals surface area contributed by atoms with E-state index in [0.717, 1.165) is 0 Å². The third kappa shape index (κ3) is 3.77. The maximum atomic E-state index is 11.9. The lowest BCUT2D eigenvalue weighted by Gasteiger charge is -2.25. The van der Waals surface area contributed by atoms with Crippen LogP contribution in [0.2, 0.25) is 0 Å². The molecule has 1 aromatic rings. The van der Waals surface area contributed by atoms with Crippen LogP contribution in [0, 0.1) is 17.0 Å². The molecule has 1 saturated heterocycles. The van der Waals surface area contributed by atoms with Crippen LogP contribution in [0.3, 0.4) is 0 Å². The molecule has 0 atom stereocenters. The molecule has 7 nitrogen and oxygen atoms in total. The molecule has 2 rings (SSSR count). The molecule has 0 spiro atoms. The van der Waals surface area contributed by atoms with Crippen molar-refractivity contribution in [2.45, 2.75) is 19.8 Å². The number of carbonyl (C=O) groups excluding carboxylic acids is 2. The van der Waals surface area contributed by atoms with Crippen molar-refractivity contribution in [3.05, 3.63) is 33.9 Å². The van der Waals surface area contributed by atoms with E-state index < -0.39 is 4.92 Å². The Balaban J connectivity index is 1.91. The van der Waals surface area contributed by atoms with Gasteiger partial charge in [0.2, 0.25) is 0 Å². The van der Waals surface area contributed by atoms with Gasteiger partial charge in [-0.2, -0.15) is 0 Å². The fourth-order valence-electron chi connectivity index (χ4n) is 2.16. The number of nitro groups is 1. The number of carbonyl (C=O) groups is 2. The van der Waals surface area contributed by atoms with Gasteiger partial charge >= 0.3 is 0 Å². The number of piperidine rings is 1. The third-order valence-corrected chi connectivity index (χ3v) is 3.40. The van der Waals surface area contributed by atoms with Gasteiger partial charge in [0.15, 0.2) is 6.61 Å². The Labute approximate surface area is 121 Å². The van der Waals surface area contributed by atoms with Crippen LogP contribution in [-0.4, -0.2) is 41.2 Å². The zero-order valence-electron chi connectivity index (χ0n) is 11.7. The molecular weight excluding hydrogens is 276 g/mol. The SMILES string of the molecule is Cc1cc(OCC(=O)N2CCC(=O)CC2)ccc1[N+](=O)[O-]. The summed E-state index contributed by atoms with van der Waals surface area (Å²) in [6, 6.07) is 4.36. The number of rotatable bonds is 4. The number of benzene rings is 1. The van der Waals surface area contributed by atoms with Crippen molar-refractivity contribution in [3.8, 4) is 5.75 Å². The first-order chi connectivity index (χ1) is 9.97. The van der Waals surface area contributed by atoms with Crippen LogP contribution in [0.4, 0.5) is 5.69 Å². The van der Waals surface area contributed by atoms with E-state index in [1.54, 1.807) is 11.8 Å². The average molecular weight is 292 g/mol. The van der Waals surface area contributed by atoms with Crippen LogP contribution in [-0.2, 0) is 9.59 Å². The number of Topliss-reactive ketones (excluding diaryl/α,β-unsaturated/α-hetero) is 1. The van der Waals surface area contributed by atoms with Crippen LogP contribution in [0.15, 0.2) is 18.2 Å².